The van der Waals surface area contributed by atoms with Crippen LogP contribution in [0.3, 0.4) is 0 Å². The number of hydrogen-bond donors (Lipinski definition) is 0. The molecule has 0 fully saturated rings. The van der Waals surface area contributed by atoms with Crippen LogP contribution in [-0.4, -0.2) is 14.8 Å². The van der Waals surface area contributed by atoms with E-state index in [9.17, 15) is 0 Å². The van der Waals surface area contributed by atoms with Crippen molar-refractivity contribution < 1.29 is 0 Å². The minimum Gasteiger partial charge on any atom is -0.302 e. The quantitative estimate of drug-likeness (QED) is 0.297. The summed E-state index contributed by atoms with van der Waals surface area (Å²) in [5.74, 6) is 1.51. The lowest BCUT2D eigenvalue weighted by molar-refractivity contribution is 0.639. The third-order valence-electron chi connectivity index (χ3n) is 4.62. The number of halogens is 2. The van der Waals surface area contributed by atoms with E-state index in [1.165, 1.54) is 5.56 Å². The molecule has 146 valence electrons. The first kappa shape index (κ1) is 20.0. The molecule has 3 aromatic carbocycles. The van der Waals surface area contributed by atoms with Crippen LogP contribution >= 0.6 is 35.0 Å². The molecule has 0 aliphatic rings. The summed E-state index contributed by atoms with van der Waals surface area (Å²) in [5, 5.41) is 11.1. The first-order valence-electron chi connectivity index (χ1n) is 9.30. The molecule has 0 N–H and O–H groups in total. The van der Waals surface area contributed by atoms with Crippen molar-refractivity contribution >= 4 is 35.0 Å². The number of thioether (sulfide) groups is 1. The van der Waals surface area contributed by atoms with Crippen LogP contribution in [0.4, 0.5) is 0 Å². The predicted molar refractivity (Wildman–Crippen MR) is 122 cm³/mol. The average molecular weight is 440 g/mol. The third kappa shape index (κ3) is 4.84. The van der Waals surface area contributed by atoms with Crippen LogP contribution in [0.2, 0.25) is 10.0 Å². The van der Waals surface area contributed by atoms with E-state index < -0.39 is 0 Å². The number of aromatic nitrogens is 3. The average Bonchev–Trinajstić information content (AvgIpc) is 3.16. The van der Waals surface area contributed by atoms with Crippen LogP contribution in [0.25, 0.3) is 11.4 Å². The normalized spacial score (nSPS) is 11.0. The van der Waals surface area contributed by atoms with Gasteiger partial charge in [-0.3, -0.25) is 0 Å². The van der Waals surface area contributed by atoms with Gasteiger partial charge in [0.15, 0.2) is 11.0 Å². The Hall–Kier alpha value is -2.27. The van der Waals surface area contributed by atoms with Crippen LogP contribution in [0, 0.1) is 0 Å². The molecule has 0 aliphatic heterocycles. The molecule has 0 spiro atoms. The van der Waals surface area contributed by atoms with Gasteiger partial charge >= 0.3 is 0 Å². The summed E-state index contributed by atoms with van der Waals surface area (Å²) < 4.78 is 2.18. The Kier molecular flexibility index (Phi) is 6.55. The molecule has 1 aromatic heterocycles. The number of hydrogen-bond acceptors (Lipinski definition) is 3. The fourth-order valence-electron chi connectivity index (χ4n) is 3.09. The first-order chi connectivity index (χ1) is 14.2. The summed E-state index contributed by atoms with van der Waals surface area (Å²) in [7, 11) is 0. The van der Waals surface area contributed by atoms with Gasteiger partial charge in [-0.2, -0.15) is 0 Å². The molecular formula is C23H19Cl2N3S. The van der Waals surface area contributed by atoms with Gasteiger partial charge in [0, 0.05) is 27.9 Å². The van der Waals surface area contributed by atoms with Gasteiger partial charge in [-0.1, -0.05) is 102 Å². The van der Waals surface area contributed by atoms with Crippen molar-refractivity contribution in [3.8, 4) is 11.4 Å². The van der Waals surface area contributed by atoms with E-state index in [2.05, 4.69) is 51.2 Å². The molecule has 0 atom stereocenters. The highest BCUT2D eigenvalue weighted by molar-refractivity contribution is 7.98. The Morgan fingerprint density at radius 1 is 0.759 bits per heavy atom. The number of benzene rings is 3. The Labute approximate surface area is 184 Å². The molecular weight excluding hydrogens is 421 g/mol. The van der Waals surface area contributed by atoms with Gasteiger partial charge in [-0.25, -0.2) is 0 Å². The van der Waals surface area contributed by atoms with E-state index >= 15 is 0 Å². The Morgan fingerprint density at radius 2 is 1.41 bits per heavy atom. The molecule has 0 bridgehead atoms. The van der Waals surface area contributed by atoms with E-state index in [0.717, 1.165) is 35.1 Å². The second kappa shape index (κ2) is 9.49. The van der Waals surface area contributed by atoms with Crippen LogP contribution in [0.5, 0.6) is 0 Å². The van der Waals surface area contributed by atoms with Crippen LogP contribution in [0.15, 0.2) is 84.0 Å². The molecule has 0 aliphatic carbocycles. The fraction of sp³-hybridized carbons (Fsp3) is 0.130. The van der Waals surface area contributed by atoms with Gasteiger partial charge in [-0.05, 0) is 29.7 Å². The third-order valence-corrected chi connectivity index (χ3v) is 6.32. The maximum Gasteiger partial charge on any atom is 0.191 e. The maximum atomic E-state index is 6.34. The molecule has 6 heteroatoms. The highest BCUT2D eigenvalue weighted by Gasteiger charge is 2.16. The summed E-state index contributed by atoms with van der Waals surface area (Å²) in [4.78, 5) is 0. The Morgan fingerprint density at radius 3 is 2.10 bits per heavy atom. The monoisotopic (exact) mass is 439 g/mol. The van der Waals surface area contributed by atoms with Crippen LogP contribution < -0.4 is 0 Å². The highest BCUT2D eigenvalue weighted by Crippen LogP contribution is 2.32. The summed E-state index contributed by atoms with van der Waals surface area (Å²) in [5.41, 5.74) is 3.25. The zero-order valence-corrected chi connectivity index (χ0v) is 18.0. The molecule has 0 radical (unpaired) electrons. The lowest BCUT2D eigenvalue weighted by atomic mass is 10.1. The number of nitrogens with zero attached hydrogens (tertiary/aromatic N) is 3. The van der Waals surface area contributed by atoms with Gasteiger partial charge < -0.3 is 4.57 Å². The van der Waals surface area contributed by atoms with Crippen molar-refractivity contribution in [3.05, 3.63) is 100 Å². The second-order valence-electron chi connectivity index (χ2n) is 6.55. The molecule has 3 nitrogen and oxygen atoms in total. The Bertz CT molecular complexity index is 1060. The van der Waals surface area contributed by atoms with Gasteiger partial charge in [0.1, 0.15) is 0 Å². The van der Waals surface area contributed by atoms with E-state index in [1.54, 1.807) is 11.8 Å². The lowest BCUT2D eigenvalue weighted by Crippen LogP contribution is -2.05. The summed E-state index contributed by atoms with van der Waals surface area (Å²) in [6.45, 7) is 0.791. The number of rotatable bonds is 7. The van der Waals surface area contributed by atoms with Gasteiger partial charge in [-0.15, -0.1) is 10.2 Å². The van der Waals surface area contributed by atoms with Gasteiger partial charge in [0.25, 0.3) is 0 Å². The molecule has 0 unspecified atom stereocenters. The van der Waals surface area contributed by atoms with Crippen molar-refractivity contribution in [3.63, 3.8) is 0 Å². The largest absolute Gasteiger partial charge is 0.302 e. The smallest absolute Gasteiger partial charge is 0.191 e. The molecule has 1 heterocycles. The highest BCUT2D eigenvalue weighted by atomic mass is 35.5. The first-order valence-corrected chi connectivity index (χ1v) is 11.0. The lowest BCUT2D eigenvalue weighted by Gasteiger charge is -2.11. The Balaban J connectivity index is 1.61. The molecule has 0 amide bonds. The van der Waals surface area contributed by atoms with Crippen molar-refractivity contribution in [2.75, 3.05) is 0 Å². The van der Waals surface area contributed by atoms with Crippen molar-refractivity contribution in [1.82, 2.24) is 14.8 Å². The molecule has 0 saturated carbocycles. The predicted octanol–water partition coefficient (Wildman–Crippen LogP) is 6.79. The zero-order chi connectivity index (χ0) is 20.1. The second-order valence-corrected chi connectivity index (χ2v) is 8.31. The van der Waals surface area contributed by atoms with Crippen molar-refractivity contribution in [2.45, 2.75) is 23.9 Å². The molecule has 0 saturated heterocycles. The molecule has 29 heavy (non-hydrogen) atoms. The van der Waals surface area contributed by atoms with E-state index in [4.69, 9.17) is 23.2 Å². The van der Waals surface area contributed by atoms with Crippen molar-refractivity contribution in [2.24, 2.45) is 0 Å². The minimum atomic E-state index is 0.636. The van der Waals surface area contributed by atoms with Crippen molar-refractivity contribution in [1.29, 1.82) is 0 Å². The minimum absolute atomic E-state index is 0.636. The van der Waals surface area contributed by atoms with Crippen LogP contribution in [0.1, 0.15) is 11.1 Å². The number of aryl methyl sites for hydroxylation is 1. The standard InChI is InChI=1S/C23H19Cl2N3S/c24-20-12-7-13-21(25)19(20)16-29-23-27-26-22(18-10-5-2-6-11-18)28(23)15-14-17-8-3-1-4-9-17/h1-13H,14-16H2. The molecule has 4 rings (SSSR count). The summed E-state index contributed by atoms with van der Waals surface area (Å²) in [6, 6.07) is 26.2. The molecule has 4 aromatic rings. The zero-order valence-electron chi connectivity index (χ0n) is 15.6. The topological polar surface area (TPSA) is 30.7 Å². The van der Waals surface area contributed by atoms with E-state index in [0.29, 0.717) is 15.8 Å². The van der Waals surface area contributed by atoms with Gasteiger partial charge in [0.2, 0.25) is 0 Å². The summed E-state index contributed by atoms with van der Waals surface area (Å²) in [6.07, 6.45) is 0.902. The van der Waals surface area contributed by atoms with Gasteiger partial charge in [0.05, 0.1) is 0 Å². The van der Waals surface area contributed by atoms with E-state index in [1.807, 2.05) is 42.5 Å². The summed E-state index contributed by atoms with van der Waals surface area (Å²) >= 11 is 14.3. The van der Waals surface area contributed by atoms with Crippen LogP contribution in [-0.2, 0) is 18.7 Å². The SMILES string of the molecule is Clc1cccc(Cl)c1CSc1nnc(-c2ccccc2)n1CCc1ccccc1. The van der Waals surface area contributed by atoms with E-state index in [-0.39, 0.29) is 0 Å². The maximum absolute atomic E-state index is 6.34. The fourth-order valence-corrected chi connectivity index (χ4v) is 4.80.